The van der Waals surface area contributed by atoms with Crippen molar-refractivity contribution < 1.29 is 19.1 Å². The Labute approximate surface area is 151 Å². The number of phenolic OH excluding ortho intramolecular Hbond substituents is 1. The van der Waals surface area contributed by atoms with Crippen molar-refractivity contribution in [2.24, 2.45) is 5.10 Å². The van der Waals surface area contributed by atoms with Crippen molar-refractivity contribution in [2.45, 2.75) is 12.8 Å². The molecular formula is C17H15BrFN3O3. The van der Waals surface area contributed by atoms with Gasteiger partial charge in [-0.25, -0.2) is 9.82 Å². The number of carbonyl (C=O) groups is 2. The number of phenols is 1. The monoisotopic (exact) mass is 407 g/mol. The topological polar surface area (TPSA) is 90.8 Å². The number of aromatic hydroxyl groups is 1. The third-order valence-electron chi connectivity index (χ3n) is 3.09. The number of benzene rings is 2. The summed E-state index contributed by atoms with van der Waals surface area (Å²) in [6.45, 7) is 0. The molecule has 0 spiro atoms. The van der Waals surface area contributed by atoms with Gasteiger partial charge in [-0.2, -0.15) is 5.10 Å². The first-order valence-corrected chi connectivity index (χ1v) is 8.09. The first-order chi connectivity index (χ1) is 11.9. The molecule has 0 fully saturated rings. The van der Waals surface area contributed by atoms with Crippen LogP contribution in [-0.4, -0.2) is 23.1 Å². The molecule has 0 atom stereocenters. The van der Waals surface area contributed by atoms with Gasteiger partial charge in [-0.1, -0.05) is 15.9 Å². The molecule has 3 N–H and O–H groups in total. The average molecular weight is 408 g/mol. The Bertz CT molecular complexity index is 794. The molecule has 0 bridgehead atoms. The second kappa shape index (κ2) is 8.93. The first-order valence-electron chi connectivity index (χ1n) is 7.30. The highest BCUT2D eigenvalue weighted by Crippen LogP contribution is 2.19. The van der Waals surface area contributed by atoms with E-state index in [-0.39, 0.29) is 24.5 Å². The molecule has 25 heavy (non-hydrogen) atoms. The lowest BCUT2D eigenvalue weighted by molar-refractivity contribution is -0.124. The highest BCUT2D eigenvalue weighted by molar-refractivity contribution is 9.10. The number of nitrogens with zero attached hydrogens (tertiary/aromatic N) is 1. The van der Waals surface area contributed by atoms with Gasteiger partial charge in [0.2, 0.25) is 11.8 Å². The Morgan fingerprint density at radius 2 is 1.80 bits per heavy atom. The SMILES string of the molecule is O=C(CCC(=O)Nc1ccc(F)cc1)NN=Cc1cc(Br)ccc1O. The van der Waals surface area contributed by atoms with E-state index < -0.39 is 11.7 Å². The molecule has 0 aliphatic rings. The van der Waals surface area contributed by atoms with E-state index >= 15 is 0 Å². The van der Waals surface area contributed by atoms with E-state index in [1.54, 1.807) is 12.1 Å². The lowest BCUT2D eigenvalue weighted by Crippen LogP contribution is -2.20. The zero-order chi connectivity index (χ0) is 18.2. The van der Waals surface area contributed by atoms with Crippen LogP contribution in [0.15, 0.2) is 52.0 Å². The Hall–Kier alpha value is -2.74. The molecule has 0 aliphatic heterocycles. The second-order valence-corrected chi connectivity index (χ2v) is 5.97. The molecule has 8 heteroatoms. The summed E-state index contributed by atoms with van der Waals surface area (Å²) in [7, 11) is 0. The van der Waals surface area contributed by atoms with E-state index in [1.807, 2.05) is 0 Å². The van der Waals surface area contributed by atoms with Crippen molar-refractivity contribution >= 4 is 39.6 Å². The summed E-state index contributed by atoms with van der Waals surface area (Å²) in [4.78, 5) is 23.4. The Balaban J connectivity index is 1.76. The molecular weight excluding hydrogens is 393 g/mol. The number of halogens is 2. The Morgan fingerprint density at radius 1 is 1.12 bits per heavy atom. The fraction of sp³-hybridized carbons (Fsp3) is 0.118. The predicted octanol–water partition coefficient (Wildman–Crippen LogP) is 3.16. The molecule has 0 saturated carbocycles. The van der Waals surface area contributed by atoms with Crippen molar-refractivity contribution in [3.63, 3.8) is 0 Å². The van der Waals surface area contributed by atoms with Gasteiger partial charge in [0.1, 0.15) is 11.6 Å². The van der Waals surface area contributed by atoms with Crippen LogP contribution in [-0.2, 0) is 9.59 Å². The van der Waals surface area contributed by atoms with Gasteiger partial charge in [-0.15, -0.1) is 0 Å². The van der Waals surface area contributed by atoms with Crippen LogP contribution in [0.5, 0.6) is 5.75 Å². The summed E-state index contributed by atoms with van der Waals surface area (Å²) in [6, 6.07) is 10.1. The van der Waals surface area contributed by atoms with Crippen LogP contribution in [0.25, 0.3) is 0 Å². The van der Waals surface area contributed by atoms with Gasteiger partial charge in [0.05, 0.1) is 6.21 Å². The van der Waals surface area contributed by atoms with Gasteiger partial charge in [0.25, 0.3) is 0 Å². The van der Waals surface area contributed by atoms with E-state index in [1.165, 1.54) is 36.5 Å². The van der Waals surface area contributed by atoms with Gasteiger partial charge in [-0.3, -0.25) is 9.59 Å². The van der Waals surface area contributed by atoms with Crippen LogP contribution in [0.3, 0.4) is 0 Å². The number of carbonyl (C=O) groups excluding carboxylic acids is 2. The summed E-state index contributed by atoms with van der Waals surface area (Å²) in [6.07, 6.45) is 1.20. The van der Waals surface area contributed by atoms with Gasteiger partial charge in [0.15, 0.2) is 0 Å². The van der Waals surface area contributed by atoms with Gasteiger partial charge in [-0.05, 0) is 42.5 Å². The number of amides is 2. The zero-order valence-corrected chi connectivity index (χ0v) is 14.6. The largest absolute Gasteiger partial charge is 0.507 e. The zero-order valence-electron chi connectivity index (χ0n) is 13.0. The maximum absolute atomic E-state index is 12.8. The number of hydrogen-bond donors (Lipinski definition) is 3. The number of nitrogens with one attached hydrogen (secondary N) is 2. The van der Waals surface area contributed by atoms with Gasteiger partial charge < -0.3 is 10.4 Å². The summed E-state index contributed by atoms with van der Waals surface area (Å²) in [5.41, 5.74) is 3.17. The minimum atomic E-state index is -0.444. The van der Waals surface area contributed by atoms with Crippen LogP contribution in [0.4, 0.5) is 10.1 Å². The van der Waals surface area contributed by atoms with E-state index in [0.29, 0.717) is 11.3 Å². The molecule has 2 rings (SSSR count). The fourth-order valence-electron chi connectivity index (χ4n) is 1.84. The summed E-state index contributed by atoms with van der Waals surface area (Å²) in [5.74, 6) is -1.18. The van der Waals surface area contributed by atoms with E-state index in [9.17, 15) is 19.1 Å². The third kappa shape index (κ3) is 6.34. The first kappa shape index (κ1) is 18.6. The van der Waals surface area contributed by atoms with Crippen LogP contribution in [0.1, 0.15) is 18.4 Å². The molecule has 6 nitrogen and oxygen atoms in total. The van der Waals surface area contributed by atoms with Crippen molar-refractivity contribution in [1.82, 2.24) is 5.43 Å². The Morgan fingerprint density at radius 3 is 2.52 bits per heavy atom. The minimum absolute atomic E-state index is 0.0277. The van der Waals surface area contributed by atoms with Crippen molar-refractivity contribution in [2.75, 3.05) is 5.32 Å². The number of rotatable bonds is 6. The van der Waals surface area contributed by atoms with E-state index in [4.69, 9.17) is 0 Å². The molecule has 0 aromatic heterocycles. The smallest absolute Gasteiger partial charge is 0.240 e. The standard InChI is InChI=1S/C17H15BrFN3O3/c18-12-1-6-15(23)11(9-12)10-20-22-17(25)8-7-16(24)21-14-4-2-13(19)3-5-14/h1-6,9-10,23H,7-8H2,(H,21,24)(H,22,25). The Kier molecular flexibility index (Phi) is 6.64. The van der Waals surface area contributed by atoms with E-state index in [2.05, 4.69) is 31.8 Å². The lowest BCUT2D eigenvalue weighted by atomic mass is 10.2. The minimum Gasteiger partial charge on any atom is -0.507 e. The molecule has 0 unspecified atom stereocenters. The average Bonchev–Trinajstić information content (AvgIpc) is 2.58. The van der Waals surface area contributed by atoms with Crippen LogP contribution in [0.2, 0.25) is 0 Å². The third-order valence-corrected chi connectivity index (χ3v) is 3.58. The number of hydrogen-bond acceptors (Lipinski definition) is 4. The molecule has 130 valence electrons. The van der Waals surface area contributed by atoms with Crippen molar-refractivity contribution in [1.29, 1.82) is 0 Å². The van der Waals surface area contributed by atoms with Crippen LogP contribution >= 0.6 is 15.9 Å². The molecule has 0 heterocycles. The normalized spacial score (nSPS) is 10.6. The van der Waals surface area contributed by atoms with Gasteiger partial charge >= 0.3 is 0 Å². The summed E-state index contributed by atoms with van der Waals surface area (Å²) in [5, 5.41) is 15.9. The lowest BCUT2D eigenvalue weighted by Gasteiger charge is -2.04. The molecule has 2 aromatic carbocycles. The highest BCUT2D eigenvalue weighted by atomic mass is 79.9. The fourth-order valence-corrected chi connectivity index (χ4v) is 2.22. The summed E-state index contributed by atoms with van der Waals surface area (Å²) >= 11 is 3.26. The second-order valence-electron chi connectivity index (χ2n) is 5.05. The highest BCUT2D eigenvalue weighted by Gasteiger charge is 2.07. The molecule has 2 aromatic rings. The molecule has 0 aliphatic carbocycles. The number of hydrazone groups is 1. The van der Waals surface area contributed by atoms with Crippen molar-refractivity contribution in [3.8, 4) is 5.75 Å². The predicted molar refractivity (Wildman–Crippen MR) is 95.8 cm³/mol. The van der Waals surface area contributed by atoms with Gasteiger partial charge in [0, 0.05) is 28.6 Å². The quantitative estimate of drug-likeness (QED) is 0.507. The van der Waals surface area contributed by atoms with Crippen LogP contribution < -0.4 is 10.7 Å². The van der Waals surface area contributed by atoms with E-state index in [0.717, 1.165) is 4.47 Å². The van der Waals surface area contributed by atoms with Crippen molar-refractivity contribution in [3.05, 3.63) is 58.3 Å². The maximum Gasteiger partial charge on any atom is 0.240 e. The maximum atomic E-state index is 12.8. The molecule has 2 amide bonds. The van der Waals surface area contributed by atoms with Crippen LogP contribution in [0, 0.1) is 5.82 Å². The molecule has 0 saturated heterocycles. The summed E-state index contributed by atoms with van der Waals surface area (Å²) < 4.78 is 13.5. The molecule has 0 radical (unpaired) electrons. The number of anilines is 1.